The van der Waals surface area contributed by atoms with Crippen molar-refractivity contribution in [3.05, 3.63) is 11.6 Å². The summed E-state index contributed by atoms with van der Waals surface area (Å²) in [6.45, 7) is 2.19. The Morgan fingerprint density at radius 1 is 1.22 bits per heavy atom. The van der Waals surface area contributed by atoms with Crippen molar-refractivity contribution in [1.82, 2.24) is 0 Å². The molecule has 7 unspecified atom stereocenters. The van der Waals surface area contributed by atoms with E-state index in [1.165, 1.54) is 5.57 Å². The van der Waals surface area contributed by atoms with Crippen LogP contribution in [0.25, 0.3) is 0 Å². The van der Waals surface area contributed by atoms with Crippen molar-refractivity contribution in [2.75, 3.05) is 6.61 Å². The molecule has 23 heavy (non-hydrogen) atoms. The summed E-state index contributed by atoms with van der Waals surface area (Å²) in [7, 11) is 0. The van der Waals surface area contributed by atoms with Gasteiger partial charge in [0.15, 0.2) is 5.78 Å². The number of aliphatic hydroxyl groups excluding tert-OH is 3. The van der Waals surface area contributed by atoms with Crippen LogP contribution in [0.3, 0.4) is 0 Å². The second kappa shape index (κ2) is 5.14. The minimum Gasteiger partial charge on any atom is -0.395 e. The van der Waals surface area contributed by atoms with Gasteiger partial charge in [-0.05, 0) is 62.7 Å². The molecule has 0 bridgehead atoms. The van der Waals surface area contributed by atoms with Crippen LogP contribution < -0.4 is 0 Å². The zero-order valence-electron chi connectivity index (χ0n) is 13.9. The molecule has 4 rings (SSSR count). The van der Waals surface area contributed by atoms with E-state index < -0.39 is 6.10 Å². The molecule has 0 aromatic carbocycles. The third-order valence-corrected chi connectivity index (χ3v) is 7.82. The number of allylic oxidation sites excluding steroid dienone is 1. The molecule has 3 N–H and O–H groups in total. The Balaban J connectivity index is 1.72. The minimum absolute atomic E-state index is 0.0350. The summed E-state index contributed by atoms with van der Waals surface area (Å²) in [5.74, 6) is 1.03. The van der Waals surface area contributed by atoms with E-state index in [1.54, 1.807) is 0 Å². The van der Waals surface area contributed by atoms with Gasteiger partial charge in [0, 0.05) is 10.8 Å². The van der Waals surface area contributed by atoms with Gasteiger partial charge in [-0.25, -0.2) is 0 Å². The fourth-order valence-electron chi connectivity index (χ4n) is 6.52. The summed E-state index contributed by atoms with van der Waals surface area (Å²) >= 11 is 0. The van der Waals surface area contributed by atoms with Gasteiger partial charge in [-0.3, -0.25) is 4.79 Å². The summed E-state index contributed by atoms with van der Waals surface area (Å²) in [5.41, 5.74) is 0.671. The maximum Gasteiger partial charge on any atom is 0.167 e. The first-order valence-electron chi connectivity index (χ1n) is 9.13. The number of hydrogen-bond acceptors (Lipinski definition) is 4. The second-order valence-electron chi connectivity index (χ2n) is 8.62. The lowest BCUT2D eigenvalue weighted by atomic mass is 9.47. The first-order valence-corrected chi connectivity index (χ1v) is 9.13. The molecular formula is C19H28O4. The van der Waals surface area contributed by atoms with Crippen LogP contribution in [0.15, 0.2) is 11.6 Å². The molecule has 3 saturated carbocycles. The van der Waals surface area contributed by atoms with Gasteiger partial charge >= 0.3 is 0 Å². The van der Waals surface area contributed by atoms with Crippen molar-refractivity contribution >= 4 is 5.78 Å². The number of ketones is 1. The molecule has 4 heteroatoms. The Morgan fingerprint density at radius 2 is 2.00 bits per heavy atom. The minimum atomic E-state index is -0.799. The van der Waals surface area contributed by atoms with E-state index in [1.807, 2.05) is 6.92 Å². The van der Waals surface area contributed by atoms with Crippen molar-refractivity contribution in [3.63, 3.8) is 0 Å². The number of aliphatic hydroxyl groups is 3. The van der Waals surface area contributed by atoms with E-state index >= 15 is 0 Å². The molecule has 0 aromatic rings. The molecule has 0 amide bonds. The van der Waals surface area contributed by atoms with Gasteiger partial charge in [0.2, 0.25) is 0 Å². The summed E-state index contributed by atoms with van der Waals surface area (Å²) in [6, 6.07) is 0. The van der Waals surface area contributed by atoms with Crippen LogP contribution in [-0.2, 0) is 4.79 Å². The van der Waals surface area contributed by atoms with Crippen LogP contribution >= 0.6 is 0 Å². The lowest BCUT2D eigenvalue weighted by Gasteiger charge is -2.57. The van der Waals surface area contributed by atoms with Crippen LogP contribution in [-0.4, -0.2) is 39.9 Å². The maximum absolute atomic E-state index is 12.5. The molecule has 4 aliphatic rings. The fraction of sp³-hybridized carbons (Fsp3) is 0.842. The highest BCUT2D eigenvalue weighted by Crippen LogP contribution is 2.63. The summed E-state index contributed by atoms with van der Waals surface area (Å²) in [4.78, 5) is 12.5. The lowest BCUT2D eigenvalue weighted by molar-refractivity contribution is -0.137. The normalized spacial score (nSPS) is 52.4. The molecule has 0 saturated heterocycles. The molecule has 0 aromatic heterocycles. The smallest absolute Gasteiger partial charge is 0.167 e. The average molecular weight is 320 g/mol. The quantitative estimate of drug-likeness (QED) is 0.644. The monoisotopic (exact) mass is 320 g/mol. The first kappa shape index (κ1) is 15.8. The molecule has 7 atom stereocenters. The highest BCUT2D eigenvalue weighted by Gasteiger charge is 2.61. The number of carbonyl (C=O) groups excluding carboxylic acids is 1. The molecule has 0 spiro atoms. The van der Waals surface area contributed by atoms with Gasteiger partial charge in [0.1, 0.15) is 6.10 Å². The third-order valence-electron chi connectivity index (χ3n) is 7.82. The molecule has 4 aliphatic carbocycles. The van der Waals surface area contributed by atoms with Gasteiger partial charge in [-0.15, -0.1) is 0 Å². The van der Waals surface area contributed by atoms with Crippen LogP contribution in [0, 0.1) is 28.6 Å². The summed E-state index contributed by atoms with van der Waals surface area (Å²) < 4.78 is 0. The highest BCUT2D eigenvalue weighted by molar-refractivity contribution is 5.91. The van der Waals surface area contributed by atoms with E-state index in [2.05, 4.69) is 6.08 Å². The number of Topliss-reactive ketones (excluding diaryl/α,β-unsaturated/α-hetero) is 1. The largest absolute Gasteiger partial charge is 0.395 e. The van der Waals surface area contributed by atoms with Crippen molar-refractivity contribution in [2.45, 2.75) is 64.1 Å². The highest BCUT2D eigenvalue weighted by atomic mass is 16.3. The molecular weight excluding hydrogens is 292 g/mol. The van der Waals surface area contributed by atoms with E-state index in [0.717, 1.165) is 32.1 Å². The van der Waals surface area contributed by atoms with Gasteiger partial charge in [-0.1, -0.05) is 18.6 Å². The molecule has 3 fully saturated rings. The Bertz CT molecular complexity index is 556. The predicted octanol–water partition coefficient (Wildman–Crippen LogP) is 1.82. The standard InChI is InChI=1S/C19H28O4/c1-18-6-5-14-13(15(18)9-16(22)17(18)23)3-2-11-8-12(21)4-7-19(11,14)10-20/h2,12-16,20-22H,3-10H2,1H3. The zero-order valence-corrected chi connectivity index (χ0v) is 13.9. The van der Waals surface area contributed by atoms with Crippen molar-refractivity contribution < 1.29 is 20.1 Å². The summed E-state index contributed by atoms with van der Waals surface area (Å²) in [6.07, 6.45) is 6.74. The molecule has 4 nitrogen and oxygen atoms in total. The number of rotatable bonds is 1. The zero-order chi connectivity index (χ0) is 16.4. The molecule has 0 heterocycles. The molecule has 0 radical (unpaired) electrons. The Kier molecular flexibility index (Phi) is 3.53. The lowest BCUT2D eigenvalue weighted by Crippen LogP contribution is -2.53. The average Bonchev–Trinajstić information content (AvgIpc) is 2.78. The number of fused-ring (bicyclic) bond motifs is 5. The van der Waals surface area contributed by atoms with Gasteiger partial charge in [0.05, 0.1) is 12.7 Å². The SMILES string of the molecule is CC12CCC3C(CC=C4CC(O)CCC43CO)C1CC(O)C2=O. The van der Waals surface area contributed by atoms with Crippen LogP contribution in [0.4, 0.5) is 0 Å². The topological polar surface area (TPSA) is 77.8 Å². The number of carbonyl (C=O) groups is 1. The van der Waals surface area contributed by atoms with E-state index in [9.17, 15) is 20.1 Å². The Labute approximate surface area is 137 Å². The van der Waals surface area contributed by atoms with E-state index in [-0.39, 0.29) is 35.2 Å². The van der Waals surface area contributed by atoms with E-state index in [4.69, 9.17) is 0 Å². The Hall–Kier alpha value is -0.710. The van der Waals surface area contributed by atoms with Gasteiger partial charge in [0.25, 0.3) is 0 Å². The van der Waals surface area contributed by atoms with Crippen molar-refractivity contribution in [3.8, 4) is 0 Å². The summed E-state index contributed by atoms with van der Waals surface area (Å²) in [5, 5.41) is 30.4. The van der Waals surface area contributed by atoms with Gasteiger partial charge in [-0.2, -0.15) is 0 Å². The molecule has 128 valence electrons. The van der Waals surface area contributed by atoms with Crippen LogP contribution in [0.2, 0.25) is 0 Å². The van der Waals surface area contributed by atoms with Crippen molar-refractivity contribution in [2.24, 2.45) is 28.6 Å². The maximum atomic E-state index is 12.5. The first-order chi connectivity index (χ1) is 10.9. The van der Waals surface area contributed by atoms with Crippen molar-refractivity contribution in [1.29, 1.82) is 0 Å². The predicted molar refractivity (Wildman–Crippen MR) is 85.5 cm³/mol. The van der Waals surface area contributed by atoms with Crippen LogP contribution in [0.1, 0.15) is 51.9 Å². The molecule has 0 aliphatic heterocycles. The second-order valence-corrected chi connectivity index (χ2v) is 8.62. The third kappa shape index (κ3) is 1.98. The van der Waals surface area contributed by atoms with E-state index in [0.29, 0.717) is 24.7 Å². The number of hydrogen-bond donors (Lipinski definition) is 3. The van der Waals surface area contributed by atoms with Crippen LogP contribution in [0.5, 0.6) is 0 Å². The van der Waals surface area contributed by atoms with Gasteiger partial charge < -0.3 is 15.3 Å². The Morgan fingerprint density at radius 3 is 2.74 bits per heavy atom. The fourth-order valence-corrected chi connectivity index (χ4v) is 6.52.